The van der Waals surface area contributed by atoms with Gasteiger partial charge >= 0.3 is 0 Å². The highest BCUT2D eigenvalue weighted by molar-refractivity contribution is 6.01. The number of nitrogens with zero attached hydrogens (tertiary/aromatic N) is 1. The van der Waals surface area contributed by atoms with Crippen molar-refractivity contribution >= 4 is 12.0 Å². The second kappa shape index (κ2) is 7.90. The van der Waals surface area contributed by atoms with Crippen molar-refractivity contribution in [3.8, 4) is 23.3 Å². The Bertz CT molecular complexity index is 700. The van der Waals surface area contributed by atoms with Crippen molar-refractivity contribution in [1.29, 1.82) is 5.26 Å². The molecule has 1 fully saturated rings. The lowest BCUT2D eigenvalue weighted by molar-refractivity contribution is -0.117. The number of fused-ring (bicyclic) bond motifs is 1. The molecular weight excluding hydrogens is 324 g/mol. The zero-order valence-corrected chi connectivity index (χ0v) is 14.0. The third-order valence-electron chi connectivity index (χ3n) is 4.04. The first-order chi connectivity index (χ1) is 12.2. The van der Waals surface area contributed by atoms with E-state index in [0.29, 0.717) is 42.6 Å². The predicted molar refractivity (Wildman–Crippen MR) is 89.6 cm³/mol. The summed E-state index contributed by atoms with van der Waals surface area (Å²) in [4.78, 5) is 12.2. The lowest BCUT2D eigenvalue weighted by atomic mass is 10.1. The van der Waals surface area contributed by atoms with Crippen LogP contribution in [-0.4, -0.2) is 45.5 Å². The molecule has 0 radical (unpaired) electrons. The SMILES string of the molecule is COc1cc(/C=C(\C#N)C(=O)NC[C@@H]2CCCO2)cc2c1OCCO2. The molecule has 2 aliphatic heterocycles. The number of amides is 1. The second-order valence-electron chi connectivity index (χ2n) is 5.76. The van der Waals surface area contributed by atoms with Crippen LogP contribution in [0.3, 0.4) is 0 Å². The maximum absolute atomic E-state index is 12.2. The van der Waals surface area contributed by atoms with Crippen LogP contribution in [0, 0.1) is 11.3 Å². The molecule has 0 unspecified atom stereocenters. The Kier molecular flexibility index (Phi) is 5.41. The fourth-order valence-electron chi connectivity index (χ4n) is 2.80. The van der Waals surface area contributed by atoms with Crippen molar-refractivity contribution in [2.75, 3.05) is 33.5 Å². The average Bonchev–Trinajstić information content (AvgIpc) is 3.17. The summed E-state index contributed by atoms with van der Waals surface area (Å²) in [5.41, 5.74) is 0.640. The number of carbonyl (C=O) groups is 1. The molecule has 1 saturated heterocycles. The molecule has 1 atom stereocenters. The molecule has 132 valence electrons. The third kappa shape index (κ3) is 4.03. The quantitative estimate of drug-likeness (QED) is 0.645. The van der Waals surface area contributed by atoms with Gasteiger partial charge in [-0.3, -0.25) is 4.79 Å². The zero-order valence-electron chi connectivity index (χ0n) is 14.0. The van der Waals surface area contributed by atoms with Gasteiger partial charge in [0.2, 0.25) is 5.75 Å². The number of ether oxygens (including phenoxy) is 4. The van der Waals surface area contributed by atoms with Gasteiger partial charge < -0.3 is 24.3 Å². The maximum atomic E-state index is 12.2. The van der Waals surface area contributed by atoms with Gasteiger partial charge in [-0.15, -0.1) is 0 Å². The van der Waals surface area contributed by atoms with Gasteiger partial charge in [-0.1, -0.05) is 0 Å². The summed E-state index contributed by atoms with van der Waals surface area (Å²) >= 11 is 0. The van der Waals surface area contributed by atoms with Crippen LogP contribution in [0.2, 0.25) is 0 Å². The van der Waals surface area contributed by atoms with Crippen LogP contribution in [0.25, 0.3) is 6.08 Å². The lowest BCUT2D eigenvalue weighted by Crippen LogP contribution is -2.32. The van der Waals surface area contributed by atoms with Gasteiger partial charge in [0.1, 0.15) is 24.9 Å². The first-order valence-electron chi connectivity index (χ1n) is 8.20. The first-order valence-corrected chi connectivity index (χ1v) is 8.20. The molecular formula is C18H20N2O5. The highest BCUT2D eigenvalue weighted by Crippen LogP contribution is 2.40. The van der Waals surface area contributed by atoms with Crippen molar-refractivity contribution < 1.29 is 23.7 Å². The summed E-state index contributed by atoms with van der Waals surface area (Å²) in [6.07, 6.45) is 3.45. The number of hydrogen-bond acceptors (Lipinski definition) is 6. The van der Waals surface area contributed by atoms with Crippen LogP contribution in [-0.2, 0) is 9.53 Å². The Balaban J connectivity index is 1.77. The molecule has 0 aromatic heterocycles. The van der Waals surface area contributed by atoms with E-state index < -0.39 is 5.91 Å². The first kappa shape index (κ1) is 17.1. The largest absolute Gasteiger partial charge is 0.493 e. The fraction of sp³-hybridized carbons (Fsp3) is 0.444. The van der Waals surface area contributed by atoms with E-state index in [1.807, 2.05) is 6.07 Å². The van der Waals surface area contributed by atoms with Gasteiger partial charge in [0.05, 0.1) is 13.2 Å². The predicted octanol–water partition coefficient (Wildman–Crippen LogP) is 1.67. The lowest BCUT2D eigenvalue weighted by Gasteiger charge is -2.21. The molecule has 0 aliphatic carbocycles. The van der Waals surface area contributed by atoms with Gasteiger partial charge in [0.25, 0.3) is 5.91 Å². The van der Waals surface area contributed by atoms with Gasteiger partial charge in [0, 0.05) is 13.2 Å². The molecule has 1 aromatic rings. The van der Waals surface area contributed by atoms with E-state index in [9.17, 15) is 10.1 Å². The zero-order chi connectivity index (χ0) is 17.6. The highest BCUT2D eigenvalue weighted by atomic mass is 16.6. The highest BCUT2D eigenvalue weighted by Gasteiger charge is 2.20. The monoisotopic (exact) mass is 344 g/mol. The molecule has 0 spiro atoms. The maximum Gasteiger partial charge on any atom is 0.262 e. The van der Waals surface area contributed by atoms with Crippen molar-refractivity contribution in [3.63, 3.8) is 0 Å². The number of rotatable bonds is 5. The summed E-state index contributed by atoms with van der Waals surface area (Å²) < 4.78 is 21.9. The van der Waals surface area contributed by atoms with Gasteiger partial charge in [-0.05, 0) is 36.6 Å². The minimum Gasteiger partial charge on any atom is -0.493 e. The Morgan fingerprint density at radius 1 is 1.40 bits per heavy atom. The van der Waals surface area contributed by atoms with Crippen LogP contribution in [0.4, 0.5) is 0 Å². The van der Waals surface area contributed by atoms with E-state index in [1.165, 1.54) is 13.2 Å². The van der Waals surface area contributed by atoms with Crippen molar-refractivity contribution in [2.45, 2.75) is 18.9 Å². The van der Waals surface area contributed by atoms with Crippen molar-refractivity contribution in [2.24, 2.45) is 0 Å². The molecule has 1 aromatic carbocycles. The molecule has 0 bridgehead atoms. The summed E-state index contributed by atoms with van der Waals surface area (Å²) in [6.45, 7) is 2.02. The number of nitriles is 1. The number of methoxy groups -OCH3 is 1. The van der Waals surface area contributed by atoms with Crippen LogP contribution in [0.15, 0.2) is 17.7 Å². The minimum absolute atomic E-state index is 0.0109. The molecule has 25 heavy (non-hydrogen) atoms. The molecule has 2 aliphatic rings. The molecule has 1 amide bonds. The van der Waals surface area contributed by atoms with Crippen molar-refractivity contribution in [3.05, 3.63) is 23.3 Å². The summed E-state index contributed by atoms with van der Waals surface area (Å²) in [6, 6.07) is 5.37. The third-order valence-corrected chi connectivity index (χ3v) is 4.04. The van der Waals surface area contributed by atoms with Gasteiger partial charge in [0.15, 0.2) is 11.5 Å². The second-order valence-corrected chi connectivity index (χ2v) is 5.76. The minimum atomic E-state index is -0.424. The Morgan fingerprint density at radius 2 is 2.24 bits per heavy atom. The number of nitrogens with one attached hydrogen (secondary N) is 1. The van der Waals surface area contributed by atoms with E-state index in [2.05, 4.69) is 5.32 Å². The topological polar surface area (TPSA) is 89.8 Å². The van der Waals surface area contributed by atoms with Crippen LogP contribution >= 0.6 is 0 Å². The van der Waals surface area contributed by atoms with Crippen molar-refractivity contribution in [1.82, 2.24) is 5.32 Å². The normalized spacial score (nSPS) is 19.2. The van der Waals surface area contributed by atoms with E-state index in [0.717, 1.165) is 19.4 Å². The van der Waals surface area contributed by atoms with Crippen LogP contribution in [0.1, 0.15) is 18.4 Å². The van der Waals surface area contributed by atoms with E-state index in [-0.39, 0.29) is 11.7 Å². The van der Waals surface area contributed by atoms with Gasteiger partial charge in [-0.25, -0.2) is 0 Å². The molecule has 1 N–H and O–H groups in total. The molecule has 7 heteroatoms. The standard InChI is InChI=1S/C18H20N2O5/c1-22-15-8-12(9-16-17(15)25-6-5-24-16)7-13(10-19)18(21)20-11-14-3-2-4-23-14/h7-9,14H,2-6,11H2,1H3,(H,20,21)/b13-7+/t14-/m0/s1. The molecule has 2 heterocycles. The van der Waals surface area contributed by atoms with E-state index in [1.54, 1.807) is 12.1 Å². The molecule has 0 saturated carbocycles. The van der Waals surface area contributed by atoms with Gasteiger partial charge in [-0.2, -0.15) is 5.26 Å². The number of hydrogen-bond donors (Lipinski definition) is 1. The van der Waals surface area contributed by atoms with Crippen LogP contribution < -0.4 is 19.5 Å². The van der Waals surface area contributed by atoms with E-state index in [4.69, 9.17) is 18.9 Å². The number of benzene rings is 1. The van der Waals surface area contributed by atoms with E-state index >= 15 is 0 Å². The smallest absolute Gasteiger partial charge is 0.262 e. The summed E-state index contributed by atoms with van der Waals surface area (Å²) in [7, 11) is 1.53. The number of carbonyl (C=O) groups excluding carboxylic acids is 1. The Morgan fingerprint density at radius 3 is 2.96 bits per heavy atom. The average molecular weight is 344 g/mol. The summed E-state index contributed by atoms with van der Waals surface area (Å²) in [5, 5.41) is 12.1. The Labute approximate surface area is 146 Å². The fourth-order valence-corrected chi connectivity index (χ4v) is 2.80. The van der Waals surface area contributed by atoms with Crippen LogP contribution in [0.5, 0.6) is 17.2 Å². The Hall–Kier alpha value is -2.72. The summed E-state index contributed by atoms with van der Waals surface area (Å²) in [5.74, 6) is 1.15. The molecule has 3 rings (SSSR count). The molecule has 7 nitrogen and oxygen atoms in total.